The van der Waals surface area contributed by atoms with Gasteiger partial charge >= 0.3 is 0 Å². The van der Waals surface area contributed by atoms with Crippen LogP contribution in [-0.2, 0) is 11.4 Å². The highest BCUT2D eigenvalue weighted by Gasteiger charge is 2.31. The van der Waals surface area contributed by atoms with Gasteiger partial charge < -0.3 is 14.8 Å². The van der Waals surface area contributed by atoms with E-state index in [-0.39, 0.29) is 5.56 Å². The molecule has 5 heteroatoms. The summed E-state index contributed by atoms with van der Waals surface area (Å²) in [6.07, 6.45) is 0. The Kier molecular flexibility index (Phi) is 3.31. The van der Waals surface area contributed by atoms with E-state index < -0.39 is 11.7 Å². The number of carbonyl (C=O) groups is 2. The van der Waals surface area contributed by atoms with E-state index in [1.807, 2.05) is 30.3 Å². The number of fused-ring (bicyclic) bond motifs is 1. The second-order valence-electron chi connectivity index (χ2n) is 4.61. The van der Waals surface area contributed by atoms with E-state index in [4.69, 9.17) is 9.47 Å². The molecule has 0 aromatic heterocycles. The Bertz CT molecular complexity index is 710. The first kappa shape index (κ1) is 13.2. The number of anilines is 1. The van der Waals surface area contributed by atoms with Crippen LogP contribution in [0.2, 0.25) is 0 Å². The first-order valence-electron chi connectivity index (χ1n) is 6.43. The van der Waals surface area contributed by atoms with Crippen LogP contribution >= 0.6 is 0 Å². The van der Waals surface area contributed by atoms with E-state index in [9.17, 15) is 9.59 Å². The van der Waals surface area contributed by atoms with E-state index in [0.717, 1.165) is 5.56 Å². The Morgan fingerprint density at radius 2 is 1.86 bits per heavy atom. The number of benzene rings is 2. The molecular weight excluding hydrogens is 270 g/mol. The number of hydrogen-bond donors (Lipinski definition) is 1. The molecule has 1 heterocycles. The van der Waals surface area contributed by atoms with Crippen LogP contribution in [0.3, 0.4) is 0 Å². The second kappa shape index (κ2) is 5.28. The SMILES string of the molecule is COc1cc(OCc2ccccc2)cc2c1NC(=O)C2=O. The summed E-state index contributed by atoms with van der Waals surface area (Å²) in [7, 11) is 1.48. The zero-order valence-electron chi connectivity index (χ0n) is 11.4. The smallest absolute Gasteiger partial charge is 0.296 e. The molecule has 3 rings (SSSR count). The molecule has 5 nitrogen and oxygen atoms in total. The molecule has 0 spiro atoms. The quantitative estimate of drug-likeness (QED) is 0.875. The van der Waals surface area contributed by atoms with Gasteiger partial charge in [-0.25, -0.2) is 0 Å². The fraction of sp³-hybridized carbons (Fsp3) is 0.125. The Labute approximate surface area is 121 Å². The molecule has 0 saturated heterocycles. The van der Waals surface area contributed by atoms with Crippen molar-refractivity contribution in [2.24, 2.45) is 0 Å². The van der Waals surface area contributed by atoms with E-state index >= 15 is 0 Å². The number of ketones is 1. The predicted molar refractivity (Wildman–Crippen MR) is 76.7 cm³/mol. The maximum Gasteiger partial charge on any atom is 0.296 e. The van der Waals surface area contributed by atoms with Crippen LogP contribution in [0, 0.1) is 0 Å². The van der Waals surface area contributed by atoms with Crippen molar-refractivity contribution in [2.45, 2.75) is 6.61 Å². The molecular formula is C16H13NO4. The van der Waals surface area contributed by atoms with Crippen molar-refractivity contribution < 1.29 is 19.1 Å². The fourth-order valence-electron chi connectivity index (χ4n) is 2.18. The molecule has 0 saturated carbocycles. The van der Waals surface area contributed by atoms with Crippen molar-refractivity contribution in [1.82, 2.24) is 0 Å². The lowest BCUT2D eigenvalue weighted by Crippen LogP contribution is -2.12. The number of methoxy groups -OCH3 is 1. The third kappa shape index (κ3) is 2.45. The first-order chi connectivity index (χ1) is 10.2. The molecule has 21 heavy (non-hydrogen) atoms. The predicted octanol–water partition coefficient (Wildman–Crippen LogP) is 2.41. The summed E-state index contributed by atoms with van der Waals surface area (Å²) < 4.78 is 10.9. The van der Waals surface area contributed by atoms with Gasteiger partial charge in [0.15, 0.2) is 0 Å². The van der Waals surface area contributed by atoms with Crippen molar-refractivity contribution in [3.8, 4) is 11.5 Å². The molecule has 0 fully saturated rings. The van der Waals surface area contributed by atoms with E-state index in [2.05, 4.69) is 5.32 Å². The van der Waals surface area contributed by atoms with Crippen LogP contribution in [0.1, 0.15) is 15.9 Å². The van der Waals surface area contributed by atoms with Crippen molar-refractivity contribution in [3.05, 3.63) is 53.6 Å². The number of nitrogens with one attached hydrogen (secondary N) is 1. The van der Waals surface area contributed by atoms with Crippen LogP contribution in [-0.4, -0.2) is 18.8 Å². The largest absolute Gasteiger partial charge is 0.494 e. The maximum atomic E-state index is 11.8. The van der Waals surface area contributed by atoms with Gasteiger partial charge in [0, 0.05) is 6.07 Å². The van der Waals surface area contributed by atoms with Crippen LogP contribution in [0.4, 0.5) is 5.69 Å². The molecule has 1 aliphatic heterocycles. The molecule has 1 amide bonds. The summed E-state index contributed by atoms with van der Waals surface area (Å²) in [4.78, 5) is 23.2. The summed E-state index contributed by atoms with van der Waals surface area (Å²) in [6.45, 7) is 0.373. The Hall–Kier alpha value is -2.82. The van der Waals surface area contributed by atoms with E-state index in [1.54, 1.807) is 12.1 Å². The summed E-state index contributed by atoms with van der Waals surface area (Å²) >= 11 is 0. The van der Waals surface area contributed by atoms with Gasteiger partial charge in [-0.15, -0.1) is 0 Å². The Morgan fingerprint density at radius 1 is 1.10 bits per heavy atom. The summed E-state index contributed by atoms with van der Waals surface area (Å²) in [6, 6.07) is 12.9. The number of hydrogen-bond acceptors (Lipinski definition) is 4. The third-order valence-corrected chi connectivity index (χ3v) is 3.23. The summed E-state index contributed by atoms with van der Waals surface area (Å²) in [5.41, 5.74) is 1.69. The lowest BCUT2D eigenvalue weighted by atomic mass is 10.1. The van der Waals surface area contributed by atoms with Gasteiger partial charge in [-0.1, -0.05) is 30.3 Å². The molecule has 0 radical (unpaired) electrons. The number of rotatable bonds is 4. The topological polar surface area (TPSA) is 64.6 Å². The molecule has 2 aromatic rings. The fourth-order valence-corrected chi connectivity index (χ4v) is 2.18. The highest BCUT2D eigenvalue weighted by molar-refractivity contribution is 6.52. The first-order valence-corrected chi connectivity index (χ1v) is 6.43. The standard InChI is InChI=1S/C16H13NO4/c1-20-13-8-11(21-9-10-5-3-2-4-6-10)7-12-14(13)17-16(19)15(12)18/h2-8H,9H2,1H3,(H,17,18,19). The third-order valence-electron chi connectivity index (χ3n) is 3.23. The van der Waals surface area contributed by atoms with Gasteiger partial charge in [0.05, 0.1) is 18.4 Å². The average Bonchev–Trinajstić information content (AvgIpc) is 2.81. The van der Waals surface area contributed by atoms with E-state index in [1.165, 1.54) is 7.11 Å². The highest BCUT2D eigenvalue weighted by atomic mass is 16.5. The van der Waals surface area contributed by atoms with Gasteiger partial charge in [0.1, 0.15) is 18.1 Å². The number of amides is 1. The van der Waals surface area contributed by atoms with Crippen LogP contribution < -0.4 is 14.8 Å². The Balaban J connectivity index is 1.87. The monoisotopic (exact) mass is 283 g/mol. The van der Waals surface area contributed by atoms with Gasteiger partial charge in [-0.05, 0) is 11.6 Å². The van der Waals surface area contributed by atoms with Crippen molar-refractivity contribution >= 4 is 17.4 Å². The van der Waals surface area contributed by atoms with Gasteiger partial charge in [-0.3, -0.25) is 9.59 Å². The summed E-state index contributed by atoms with van der Waals surface area (Å²) in [5, 5.41) is 2.50. The lowest BCUT2D eigenvalue weighted by Gasteiger charge is -2.11. The van der Waals surface area contributed by atoms with Crippen LogP contribution in [0.15, 0.2) is 42.5 Å². The molecule has 106 valence electrons. The number of ether oxygens (including phenoxy) is 2. The van der Waals surface area contributed by atoms with Gasteiger partial charge in [0.2, 0.25) is 0 Å². The minimum absolute atomic E-state index is 0.280. The molecule has 1 aliphatic rings. The molecule has 0 unspecified atom stereocenters. The lowest BCUT2D eigenvalue weighted by molar-refractivity contribution is -0.112. The van der Waals surface area contributed by atoms with Gasteiger partial charge in [-0.2, -0.15) is 0 Å². The minimum Gasteiger partial charge on any atom is -0.494 e. The minimum atomic E-state index is -0.650. The van der Waals surface area contributed by atoms with E-state index in [0.29, 0.717) is 23.8 Å². The van der Waals surface area contributed by atoms with Crippen molar-refractivity contribution in [3.63, 3.8) is 0 Å². The summed E-state index contributed by atoms with van der Waals surface area (Å²) in [5.74, 6) is -0.328. The zero-order chi connectivity index (χ0) is 14.8. The normalized spacial score (nSPS) is 12.8. The Morgan fingerprint density at radius 3 is 2.57 bits per heavy atom. The molecule has 1 N–H and O–H groups in total. The van der Waals surface area contributed by atoms with Gasteiger partial charge in [0.25, 0.3) is 11.7 Å². The average molecular weight is 283 g/mol. The second-order valence-corrected chi connectivity index (χ2v) is 4.61. The maximum absolute atomic E-state index is 11.8. The molecule has 0 aliphatic carbocycles. The molecule has 0 bridgehead atoms. The highest BCUT2D eigenvalue weighted by Crippen LogP contribution is 2.37. The zero-order valence-corrected chi connectivity index (χ0v) is 11.4. The molecule has 2 aromatic carbocycles. The van der Waals surface area contributed by atoms with Crippen molar-refractivity contribution in [2.75, 3.05) is 12.4 Å². The number of carbonyl (C=O) groups excluding carboxylic acids is 2. The van der Waals surface area contributed by atoms with Crippen LogP contribution in [0.25, 0.3) is 0 Å². The van der Waals surface area contributed by atoms with Crippen molar-refractivity contribution in [1.29, 1.82) is 0 Å². The molecule has 0 atom stereocenters. The number of Topliss-reactive ketones (excluding diaryl/α,β-unsaturated/α-hetero) is 1. The van der Waals surface area contributed by atoms with Crippen LogP contribution in [0.5, 0.6) is 11.5 Å².